The Hall–Kier alpha value is -2.55. The van der Waals surface area contributed by atoms with Crippen molar-refractivity contribution >= 4 is 19.9 Å². The van der Waals surface area contributed by atoms with Crippen molar-refractivity contribution in [3.63, 3.8) is 0 Å². The summed E-state index contributed by atoms with van der Waals surface area (Å²) in [4.78, 5) is 4.26. The van der Waals surface area contributed by atoms with Crippen LogP contribution >= 0.6 is 0 Å². The van der Waals surface area contributed by atoms with Crippen molar-refractivity contribution < 1.29 is 16.8 Å². The first-order chi connectivity index (χ1) is 13.7. The van der Waals surface area contributed by atoms with Crippen LogP contribution < -0.4 is 4.72 Å². The molecular weight excluding hydrogens is 408 g/mol. The van der Waals surface area contributed by atoms with E-state index in [2.05, 4.69) is 9.71 Å². The van der Waals surface area contributed by atoms with E-state index >= 15 is 0 Å². The lowest BCUT2D eigenvalue weighted by molar-refractivity contribution is 0.568. The van der Waals surface area contributed by atoms with E-state index < -0.39 is 25.1 Å². The van der Waals surface area contributed by atoms with Gasteiger partial charge in [0.2, 0.25) is 10.0 Å². The second-order valence-electron chi connectivity index (χ2n) is 6.75. The molecular formula is C21H22N2O4S2. The van der Waals surface area contributed by atoms with Gasteiger partial charge in [0.25, 0.3) is 0 Å². The second kappa shape index (κ2) is 8.44. The minimum absolute atomic E-state index is 0.125. The minimum Gasteiger partial charge on any atom is -0.264 e. The number of rotatable bonds is 7. The van der Waals surface area contributed by atoms with E-state index in [0.717, 1.165) is 5.56 Å². The number of nitrogens with one attached hydrogen (secondary N) is 1. The minimum atomic E-state index is -3.89. The first-order valence-electron chi connectivity index (χ1n) is 8.97. The van der Waals surface area contributed by atoms with Gasteiger partial charge in [-0.3, -0.25) is 4.98 Å². The monoisotopic (exact) mass is 430 g/mol. The Kier molecular flexibility index (Phi) is 6.16. The first-order valence-corrected chi connectivity index (χ1v) is 12.0. The van der Waals surface area contributed by atoms with E-state index in [0.29, 0.717) is 11.1 Å². The molecule has 6 nitrogen and oxygen atoms in total. The number of benzene rings is 2. The molecule has 0 spiro atoms. The molecule has 152 valence electrons. The summed E-state index contributed by atoms with van der Waals surface area (Å²) in [5.41, 5.74) is 1.81. The molecule has 0 saturated heterocycles. The third-order valence-corrected chi connectivity index (χ3v) is 8.28. The lowest BCUT2D eigenvalue weighted by atomic mass is 10.2. The van der Waals surface area contributed by atoms with Crippen LogP contribution in [0.5, 0.6) is 0 Å². The van der Waals surface area contributed by atoms with E-state index in [9.17, 15) is 16.8 Å². The van der Waals surface area contributed by atoms with Crippen LogP contribution in [0.25, 0.3) is 0 Å². The number of aryl methyl sites for hydroxylation is 2. The van der Waals surface area contributed by atoms with Crippen molar-refractivity contribution in [2.75, 3.05) is 6.54 Å². The molecule has 29 heavy (non-hydrogen) atoms. The van der Waals surface area contributed by atoms with Crippen LogP contribution in [-0.4, -0.2) is 28.4 Å². The number of aromatic nitrogens is 1. The Labute approximate surface area is 171 Å². The third-order valence-electron chi connectivity index (χ3n) is 4.59. The van der Waals surface area contributed by atoms with Crippen LogP contribution in [0.3, 0.4) is 0 Å². The van der Waals surface area contributed by atoms with Gasteiger partial charge in [-0.15, -0.1) is 0 Å². The summed E-state index contributed by atoms with van der Waals surface area (Å²) in [7, 11) is -7.74. The highest BCUT2D eigenvalue weighted by Crippen LogP contribution is 2.28. The molecule has 0 bridgehead atoms. The zero-order valence-electron chi connectivity index (χ0n) is 16.1. The molecule has 0 fully saturated rings. The summed E-state index contributed by atoms with van der Waals surface area (Å²) in [6.45, 7) is 3.20. The Morgan fingerprint density at radius 2 is 1.66 bits per heavy atom. The average molecular weight is 431 g/mol. The molecule has 0 aliphatic heterocycles. The van der Waals surface area contributed by atoms with Crippen LogP contribution in [0.15, 0.2) is 82.8 Å². The van der Waals surface area contributed by atoms with Crippen LogP contribution in [0.1, 0.15) is 21.9 Å². The summed E-state index contributed by atoms with van der Waals surface area (Å²) in [5, 5.41) is -1.11. The molecule has 1 atom stereocenters. The van der Waals surface area contributed by atoms with Crippen molar-refractivity contribution in [1.29, 1.82) is 0 Å². The fraction of sp³-hybridized carbons (Fsp3) is 0.190. The largest absolute Gasteiger partial charge is 0.264 e. The Bertz CT molecular complexity index is 1190. The van der Waals surface area contributed by atoms with Gasteiger partial charge in [0.05, 0.1) is 9.79 Å². The normalized spacial score (nSPS) is 13.2. The van der Waals surface area contributed by atoms with Gasteiger partial charge in [0, 0.05) is 18.9 Å². The third kappa shape index (κ3) is 4.72. The predicted molar refractivity (Wildman–Crippen MR) is 112 cm³/mol. The van der Waals surface area contributed by atoms with Crippen LogP contribution in [-0.2, 0) is 19.9 Å². The summed E-state index contributed by atoms with van der Waals surface area (Å²) in [6.07, 6.45) is 2.98. The van der Waals surface area contributed by atoms with Gasteiger partial charge in [-0.1, -0.05) is 36.4 Å². The number of hydrogen-bond donors (Lipinski definition) is 1. The maximum atomic E-state index is 13.2. The zero-order valence-corrected chi connectivity index (χ0v) is 17.7. The molecule has 0 unspecified atom stereocenters. The number of hydrogen-bond acceptors (Lipinski definition) is 5. The van der Waals surface area contributed by atoms with E-state index in [-0.39, 0.29) is 16.3 Å². The van der Waals surface area contributed by atoms with E-state index in [1.54, 1.807) is 56.3 Å². The van der Waals surface area contributed by atoms with Crippen LogP contribution in [0.4, 0.5) is 0 Å². The summed E-state index contributed by atoms with van der Waals surface area (Å²) in [5.74, 6) is 0. The molecule has 0 aliphatic carbocycles. The number of sulfonamides is 1. The van der Waals surface area contributed by atoms with Crippen molar-refractivity contribution in [1.82, 2.24) is 9.71 Å². The molecule has 0 amide bonds. The maximum Gasteiger partial charge on any atom is 0.240 e. The fourth-order valence-corrected chi connectivity index (χ4v) is 6.15. The van der Waals surface area contributed by atoms with Gasteiger partial charge in [-0.25, -0.2) is 21.6 Å². The van der Waals surface area contributed by atoms with Gasteiger partial charge >= 0.3 is 0 Å². The van der Waals surface area contributed by atoms with Crippen molar-refractivity contribution in [3.05, 3.63) is 89.7 Å². The van der Waals surface area contributed by atoms with Crippen LogP contribution in [0.2, 0.25) is 0 Å². The Morgan fingerprint density at radius 1 is 0.931 bits per heavy atom. The summed E-state index contributed by atoms with van der Waals surface area (Å²) in [6, 6.07) is 16.4. The molecule has 1 aromatic heterocycles. The maximum absolute atomic E-state index is 13.2. The van der Waals surface area contributed by atoms with Crippen molar-refractivity contribution in [2.24, 2.45) is 0 Å². The molecule has 2 aromatic carbocycles. The fourth-order valence-electron chi connectivity index (χ4n) is 3.01. The first kappa shape index (κ1) is 21.2. The van der Waals surface area contributed by atoms with Crippen molar-refractivity contribution in [2.45, 2.75) is 28.9 Å². The van der Waals surface area contributed by atoms with Gasteiger partial charge in [-0.05, 0) is 54.8 Å². The van der Waals surface area contributed by atoms with Crippen LogP contribution in [0, 0.1) is 13.8 Å². The molecule has 1 N–H and O–H groups in total. The Morgan fingerprint density at radius 3 is 2.31 bits per heavy atom. The topological polar surface area (TPSA) is 93.2 Å². The van der Waals surface area contributed by atoms with Gasteiger partial charge in [0.15, 0.2) is 9.84 Å². The summed E-state index contributed by atoms with van der Waals surface area (Å²) < 4.78 is 54.7. The molecule has 3 aromatic rings. The average Bonchev–Trinajstić information content (AvgIpc) is 2.71. The lowest BCUT2D eigenvalue weighted by Gasteiger charge is -2.19. The van der Waals surface area contributed by atoms with E-state index in [1.165, 1.54) is 24.5 Å². The highest BCUT2D eigenvalue weighted by Gasteiger charge is 2.31. The molecule has 0 saturated carbocycles. The quantitative estimate of drug-likeness (QED) is 0.621. The molecule has 1 heterocycles. The van der Waals surface area contributed by atoms with Crippen molar-refractivity contribution in [3.8, 4) is 0 Å². The standard InChI is InChI=1S/C21H22N2O4S2/c1-16-10-11-17(2)20(13-16)29(26,27)23-15-21(18-7-6-12-22-14-18)28(24,25)19-8-4-3-5-9-19/h3-14,21,23H,15H2,1-2H3/t21-/m0/s1. The van der Waals surface area contributed by atoms with E-state index in [1.807, 2.05) is 6.07 Å². The molecule has 0 aliphatic rings. The number of pyridine rings is 1. The van der Waals surface area contributed by atoms with Gasteiger partial charge in [0.1, 0.15) is 5.25 Å². The second-order valence-corrected chi connectivity index (χ2v) is 10.6. The highest BCUT2D eigenvalue weighted by molar-refractivity contribution is 7.92. The number of sulfone groups is 1. The SMILES string of the molecule is Cc1ccc(C)c(S(=O)(=O)NC[C@@H](c2cccnc2)S(=O)(=O)c2ccccc2)c1. The number of nitrogens with zero attached hydrogens (tertiary/aromatic N) is 1. The Balaban J connectivity index is 1.98. The highest BCUT2D eigenvalue weighted by atomic mass is 32.2. The summed E-state index contributed by atoms with van der Waals surface area (Å²) >= 11 is 0. The molecule has 0 radical (unpaired) electrons. The molecule has 8 heteroatoms. The van der Waals surface area contributed by atoms with Gasteiger partial charge < -0.3 is 0 Å². The van der Waals surface area contributed by atoms with Gasteiger partial charge in [-0.2, -0.15) is 0 Å². The molecule has 3 rings (SSSR count). The predicted octanol–water partition coefficient (Wildman–Crippen LogP) is 3.19. The zero-order chi connectivity index (χ0) is 21.1. The smallest absolute Gasteiger partial charge is 0.240 e. The van der Waals surface area contributed by atoms with E-state index in [4.69, 9.17) is 0 Å². The lowest BCUT2D eigenvalue weighted by Crippen LogP contribution is -2.32.